The molecule has 1 fully saturated rings. The van der Waals surface area contributed by atoms with Crippen molar-refractivity contribution in [3.8, 4) is 0 Å². The second-order valence-corrected chi connectivity index (χ2v) is 7.22. The van der Waals surface area contributed by atoms with Crippen LogP contribution in [0.2, 0.25) is 0 Å². The van der Waals surface area contributed by atoms with E-state index in [9.17, 15) is 0 Å². The molecule has 0 bridgehead atoms. The maximum absolute atomic E-state index is 4.70. The first-order chi connectivity index (χ1) is 12.1. The van der Waals surface area contributed by atoms with Crippen molar-refractivity contribution in [3.05, 3.63) is 29.2 Å². The molecule has 0 aromatic carbocycles. The van der Waals surface area contributed by atoms with Gasteiger partial charge < -0.3 is 9.80 Å². The van der Waals surface area contributed by atoms with Gasteiger partial charge in [-0.1, -0.05) is 0 Å². The van der Waals surface area contributed by atoms with Crippen molar-refractivity contribution >= 4 is 11.8 Å². The Morgan fingerprint density at radius 3 is 2.68 bits per heavy atom. The fraction of sp³-hybridized carbons (Fsp3) is 0.611. The number of fused-ring (bicyclic) bond motifs is 1. The summed E-state index contributed by atoms with van der Waals surface area (Å²) >= 11 is 0. The van der Waals surface area contributed by atoms with Gasteiger partial charge in [-0.25, -0.2) is 4.98 Å². The van der Waals surface area contributed by atoms with Gasteiger partial charge in [0.1, 0.15) is 5.82 Å². The lowest BCUT2D eigenvalue weighted by atomic mass is 10.2. The van der Waals surface area contributed by atoms with E-state index in [-0.39, 0.29) is 0 Å². The normalized spacial score (nSPS) is 17.8. The minimum absolute atomic E-state index is 0.769. The Kier molecular flexibility index (Phi) is 4.33. The van der Waals surface area contributed by atoms with Gasteiger partial charge in [-0.05, 0) is 30.9 Å². The number of hydrogen-bond acceptors (Lipinski definition) is 6. The quantitative estimate of drug-likeness (QED) is 0.830. The molecule has 3 heterocycles. The maximum Gasteiger partial charge on any atom is 0.226 e. The van der Waals surface area contributed by atoms with E-state index in [4.69, 9.17) is 5.10 Å². The summed E-state index contributed by atoms with van der Waals surface area (Å²) in [6.45, 7) is 5.13. The number of hydrogen-bond donors (Lipinski definition) is 0. The Morgan fingerprint density at radius 1 is 1.12 bits per heavy atom. The molecule has 0 radical (unpaired) electrons. The summed E-state index contributed by atoms with van der Waals surface area (Å²) in [6.07, 6.45) is 5.47. The van der Waals surface area contributed by atoms with Crippen molar-refractivity contribution in [2.45, 2.75) is 25.8 Å². The second kappa shape index (κ2) is 6.63. The van der Waals surface area contributed by atoms with Crippen molar-refractivity contribution in [3.63, 3.8) is 0 Å². The van der Waals surface area contributed by atoms with Gasteiger partial charge in [0.05, 0.1) is 11.4 Å². The molecule has 0 N–H and O–H groups in total. The Labute approximate surface area is 149 Å². The molecule has 7 heteroatoms. The summed E-state index contributed by atoms with van der Waals surface area (Å²) < 4.78 is 2.10. The van der Waals surface area contributed by atoms with E-state index in [2.05, 4.69) is 31.5 Å². The van der Waals surface area contributed by atoms with Crippen molar-refractivity contribution < 1.29 is 0 Å². The lowest BCUT2D eigenvalue weighted by Gasteiger charge is -2.35. The van der Waals surface area contributed by atoms with E-state index < -0.39 is 0 Å². The van der Waals surface area contributed by atoms with E-state index >= 15 is 0 Å². The molecule has 0 saturated carbocycles. The summed E-state index contributed by atoms with van der Waals surface area (Å²) in [4.78, 5) is 15.8. The molecular weight excluding hydrogens is 314 g/mol. The molecule has 4 rings (SSSR count). The zero-order chi connectivity index (χ0) is 17.4. The van der Waals surface area contributed by atoms with Crippen LogP contribution in [0.25, 0.3) is 0 Å². The van der Waals surface area contributed by atoms with Crippen LogP contribution in [0.5, 0.6) is 0 Å². The van der Waals surface area contributed by atoms with Gasteiger partial charge in [-0.3, -0.25) is 9.58 Å². The first-order valence-electron chi connectivity index (χ1n) is 9.13. The van der Waals surface area contributed by atoms with Crippen LogP contribution in [0.3, 0.4) is 0 Å². The van der Waals surface area contributed by atoms with Crippen LogP contribution in [0, 0.1) is 0 Å². The monoisotopic (exact) mass is 341 g/mol. The van der Waals surface area contributed by atoms with E-state index in [1.165, 1.54) is 29.8 Å². The third-order valence-electron chi connectivity index (χ3n) is 5.30. The van der Waals surface area contributed by atoms with Gasteiger partial charge in [-0.15, -0.1) is 0 Å². The van der Waals surface area contributed by atoms with Gasteiger partial charge in [0.25, 0.3) is 0 Å². The summed E-state index contributed by atoms with van der Waals surface area (Å²) in [5.41, 5.74) is 4.25. The highest BCUT2D eigenvalue weighted by molar-refractivity contribution is 5.43. The molecular formula is C18H27N7. The zero-order valence-electron chi connectivity index (χ0n) is 15.4. The molecule has 25 heavy (non-hydrogen) atoms. The topological polar surface area (TPSA) is 53.3 Å². The van der Waals surface area contributed by atoms with Crippen LogP contribution < -0.4 is 9.80 Å². The van der Waals surface area contributed by atoms with Crippen LogP contribution in [-0.4, -0.2) is 64.9 Å². The molecule has 0 amide bonds. The molecule has 7 nitrogen and oxygen atoms in total. The van der Waals surface area contributed by atoms with Gasteiger partial charge in [0.2, 0.25) is 5.95 Å². The first-order valence-corrected chi connectivity index (χ1v) is 9.13. The molecule has 0 spiro atoms. The molecule has 1 aliphatic heterocycles. The highest BCUT2D eigenvalue weighted by atomic mass is 15.3. The molecule has 2 aromatic rings. The summed E-state index contributed by atoms with van der Waals surface area (Å²) in [6, 6.07) is 2.01. The Balaban J connectivity index is 1.40. The predicted molar refractivity (Wildman–Crippen MR) is 99.1 cm³/mol. The van der Waals surface area contributed by atoms with E-state index in [0.29, 0.717) is 0 Å². The summed E-state index contributed by atoms with van der Waals surface area (Å²) in [5.74, 6) is 1.80. The van der Waals surface area contributed by atoms with E-state index in [0.717, 1.165) is 50.9 Å². The van der Waals surface area contributed by atoms with Crippen LogP contribution in [0.1, 0.15) is 23.4 Å². The fourth-order valence-corrected chi connectivity index (χ4v) is 3.86. The largest absolute Gasteiger partial charge is 0.354 e. The fourth-order valence-electron chi connectivity index (χ4n) is 3.86. The lowest BCUT2D eigenvalue weighted by Crippen LogP contribution is -2.46. The van der Waals surface area contributed by atoms with E-state index in [1.807, 2.05) is 31.3 Å². The highest BCUT2D eigenvalue weighted by Gasteiger charge is 2.24. The van der Waals surface area contributed by atoms with Gasteiger partial charge in [0.15, 0.2) is 0 Å². The minimum atomic E-state index is 0.769. The van der Waals surface area contributed by atoms with Crippen molar-refractivity contribution in [1.29, 1.82) is 0 Å². The molecule has 1 saturated heterocycles. The third kappa shape index (κ3) is 3.20. The molecule has 2 aliphatic rings. The number of rotatable bonds is 4. The molecule has 0 unspecified atom stereocenters. The number of piperazine rings is 1. The maximum atomic E-state index is 4.70. The third-order valence-corrected chi connectivity index (χ3v) is 5.30. The highest BCUT2D eigenvalue weighted by Crippen LogP contribution is 2.26. The van der Waals surface area contributed by atoms with Crippen molar-refractivity contribution in [2.75, 3.05) is 50.1 Å². The second-order valence-electron chi connectivity index (χ2n) is 7.22. The Hall–Kier alpha value is -2.15. The first kappa shape index (κ1) is 16.3. The van der Waals surface area contributed by atoms with Crippen molar-refractivity contribution in [1.82, 2.24) is 24.6 Å². The molecule has 134 valence electrons. The molecule has 1 aliphatic carbocycles. The van der Waals surface area contributed by atoms with Crippen LogP contribution in [0.4, 0.5) is 11.8 Å². The minimum Gasteiger partial charge on any atom is -0.354 e. The Morgan fingerprint density at radius 2 is 1.92 bits per heavy atom. The Bertz CT molecular complexity index is 744. The van der Waals surface area contributed by atoms with Crippen LogP contribution in [0.15, 0.2) is 12.3 Å². The predicted octanol–water partition coefficient (Wildman–Crippen LogP) is 1.09. The lowest BCUT2D eigenvalue weighted by molar-refractivity contribution is 0.242. The number of aromatic nitrogens is 4. The standard InChI is InChI=1S/C18H27N7/c1-22(2)18-19-8-7-17(20-18)25-11-9-24(10-12-25)13-16-14-5-4-6-15(14)21-23(16)3/h7-8H,4-6,9-13H2,1-3H3. The SMILES string of the molecule is CN(C)c1nccc(N2CCN(Cc3c4c(nn3C)CCC4)CC2)n1. The molecule has 2 aromatic heterocycles. The van der Waals surface area contributed by atoms with Crippen LogP contribution >= 0.6 is 0 Å². The summed E-state index contributed by atoms with van der Waals surface area (Å²) in [5, 5.41) is 4.70. The van der Waals surface area contributed by atoms with Crippen LogP contribution in [-0.2, 0) is 26.4 Å². The van der Waals surface area contributed by atoms with Gasteiger partial charge >= 0.3 is 0 Å². The summed E-state index contributed by atoms with van der Waals surface area (Å²) in [7, 11) is 6.04. The number of anilines is 2. The van der Waals surface area contributed by atoms with E-state index in [1.54, 1.807) is 0 Å². The number of nitrogens with zero attached hydrogens (tertiary/aromatic N) is 7. The zero-order valence-corrected chi connectivity index (χ0v) is 15.4. The average Bonchev–Trinajstić information content (AvgIpc) is 3.18. The van der Waals surface area contributed by atoms with Gasteiger partial charge in [0, 0.05) is 60.1 Å². The van der Waals surface area contributed by atoms with Crippen molar-refractivity contribution in [2.24, 2.45) is 7.05 Å². The van der Waals surface area contributed by atoms with Gasteiger partial charge in [-0.2, -0.15) is 10.1 Å². The average molecular weight is 341 g/mol. The number of aryl methyl sites for hydroxylation is 2. The smallest absolute Gasteiger partial charge is 0.226 e. The molecule has 0 atom stereocenters.